The van der Waals surface area contributed by atoms with Gasteiger partial charge in [-0.1, -0.05) is 66.7 Å². The van der Waals surface area contributed by atoms with Gasteiger partial charge in [0, 0.05) is 51.4 Å². The standard InChI is InChI=1S/C28H30F2N2O.C4H4O4/c29-26-12-8-24(9-13-26)28(25-10-14-27(30)15-11-25)33-22-21-32-19-17-31(18-20-32)16-4-7-23-5-2-1-3-6-23;5-3(6)1-2-4(7)8/h1-15,28H,16-22H2;1-2H,(H,5,6)(H,7,8)/b;2-1-. The van der Waals surface area contributed by atoms with Gasteiger partial charge in [-0.05, 0) is 41.0 Å². The van der Waals surface area contributed by atoms with Gasteiger partial charge in [-0.3, -0.25) is 9.80 Å². The highest BCUT2D eigenvalue weighted by atomic mass is 19.1. The molecule has 1 aliphatic rings. The zero-order chi connectivity index (χ0) is 29.5. The van der Waals surface area contributed by atoms with Crippen LogP contribution in [0.1, 0.15) is 22.8 Å². The second kappa shape index (κ2) is 16.8. The van der Waals surface area contributed by atoms with E-state index < -0.39 is 11.9 Å². The molecule has 0 saturated carbocycles. The summed E-state index contributed by atoms with van der Waals surface area (Å²) in [7, 11) is 0. The highest BCUT2D eigenvalue weighted by molar-refractivity contribution is 5.89. The smallest absolute Gasteiger partial charge is 0.328 e. The number of halogens is 2. The van der Waals surface area contributed by atoms with Crippen LogP contribution >= 0.6 is 0 Å². The number of carboxylic acids is 2. The highest BCUT2D eigenvalue weighted by Crippen LogP contribution is 2.26. The molecule has 0 aromatic heterocycles. The largest absolute Gasteiger partial charge is 0.478 e. The van der Waals surface area contributed by atoms with Gasteiger partial charge in [-0.25, -0.2) is 18.4 Å². The molecule has 0 atom stereocenters. The molecule has 1 aliphatic heterocycles. The van der Waals surface area contributed by atoms with Gasteiger partial charge in [-0.2, -0.15) is 0 Å². The Kier molecular flexibility index (Phi) is 12.9. The Bertz CT molecular complexity index is 1210. The van der Waals surface area contributed by atoms with Gasteiger partial charge in [0.1, 0.15) is 17.7 Å². The fourth-order valence-corrected chi connectivity index (χ4v) is 4.20. The van der Waals surface area contributed by atoms with Crippen LogP contribution in [0.15, 0.2) is 97.1 Å². The molecular formula is C32H34F2N2O5. The van der Waals surface area contributed by atoms with Crippen molar-refractivity contribution in [2.45, 2.75) is 6.10 Å². The zero-order valence-electron chi connectivity index (χ0n) is 22.6. The molecule has 0 radical (unpaired) electrons. The fourth-order valence-electron chi connectivity index (χ4n) is 4.20. The lowest BCUT2D eigenvalue weighted by Gasteiger charge is -2.34. The van der Waals surface area contributed by atoms with Crippen LogP contribution in [0, 0.1) is 11.6 Å². The maximum Gasteiger partial charge on any atom is 0.328 e. The van der Waals surface area contributed by atoms with Crippen molar-refractivity contribution in [3.63, 3.8) is 0 Å². The summed E-state index contributed by atoms with van der Waals surface area (Å²) in [6, 6.07) is 23.0. The number of rotatable bonds is 11. The van der Waals surface area contributed by atoms with Gasteiger partial charge in [0.2, 0.25) is 0 Å². The lowest BCUT2D eigenvalue weighted by molar-refractivity contribution is -0.134. The average Bonchev–Trinajstić information content (AvgIpc) is 2.97. The number of benzene rings is 3. The third-order valence-electron chi connectivity index (χ3n) is 6.34. The minimum absolute atomic E-state index is 0.284. The molecule has 1 fully saturated rings. The Labute approximate surface area is 238 Å². The Morgan fingerprint density at radius 3 is 1.73 bits per heavy atom. The molecule has 0 unspecified atom stereocenters. The van der Waals surface area contributed by atoms with Crippen LogP contribution < -0.4 is 0 Å². The van der Waals surface area contributed by atoms with E-state index in [4.69, 9.17) is 14.9 Å². The molecule has 1 heterocycles. The van der Waals surface area contributed by atoms with E-state index in [1.807, 2.05) is 6.07 Å². The first-order valence-electron chi connectivity index (χ1n) is 13.2. The van der Waals surface area contributed by atoms with E-state index in [1.54, 1.807) is 24.3 Å². The first-order valence-corrected chi connectivity index (χ1v) is 13.2. The zero-order valence-corrected chi connectivity index (χ0v) is 22.6. The number of hydrogen-bond acceptors (Lipinski definition) is 5. The van der Waals surface area contributed by atoms with Crippen molar-refractivity contribution in [2.24, 2.45) is 0 Å². The van der Waals surface area contributed by atoms with Gasteiger partial charge >= 0.3 is 11.9 Å². The van der Waals surface area contributed by atoms with E-state index in [9.17, 15) is 18.4 Å². The maximum atomic E-state index is 13.4. The van der Waals surface area contributed by atoms with Crippen molar-refractivity contribution in [3.8, 4) is 0 Å². The van der Waals surface area contributed by atoms with Crippen molar-refractivity contribution in [1.29, 1.82) is 0 Å². The van der Waals surface area contributed by atoms with Crippen LogP contribution in [-0.4, -0.2) is 77.8 Å². The molecule has 0 amide bonds. The molecule has 3 aromatic rings. The quantitative estimate of drug-likeness (QED) is 0.313. The van der Waals surface area contributed by atoms with Crippen molar-refractivity contribution in [2.75, 3.05) is 45.9 Å². The minimum Gasteiger partial charge on any atom is -0.478 e. The molecule has 3 aromatic carbocycles. The fraction of sp³-hybridized carbons (Fsp3) is 0.250. The first kappa shape index (κ1) is 31.3. The lowest BCUT2D eigenvalue weighted by atomic mass is 10.0. The summed E-state index contributed by atoms with van der Waals surface area (Å²) in [5.41, 5.74) is 2.95. The van der Waals surface area contributed by atoms with E-state index >= 15 is 0 Å². The summed E-state index contributed by atoms with van der Waals surface area (Å²) in [6.45, 7) is 6.38. The number of carboxylic acid groups (broad SMARTS) is 2. The minimum atomic E-state index is -1.26. The van der Waals surface area contributed by atoms with Crippen molar-refractivity contribution >= 4 is 18.0 Å². The third-order valence-corrected chi connectivity index (χ3v) is 6.34. The molecule has 0 bridgehead atoms. The summed E-state index contributed by atoms with van der Waals surface area (Å²) in [6.07, 6.45) is 5.16. The lowest BCUT2D eigenvalue weighted by Crippen LogP contribution is -2.47. The molecule has 2 N–H and O–H groups in total. The van der Waals surface area contributed by atoms with E-state index in [0.29, 0.717) is 18.8 Å². The Balaban J connectivity index is 0.000000507. The van der Waals surface area contributed by atoms with Crippen molar-refractivity contribution in [1.82, 2.24) is 9.80 Å². The predicted molar refractivity (Wildman–Crippen MR) is 153 cm³/mol. The van der Waals surface area contributed by atoms with Crippen LogP contribution in [0.5, 0.6) is 0 Å². The molecular weight excluding hydrogens is 530 g/mol. The van der Waals surface area contributed by atoms with Crippen LogP contribution in [0.3, 0.4) is 0 Å². The normalized spacial score (nSPS) is 14.3. The van der Waals surface area contributed by atoms with Crippen molar-refractivity contribution < 1.29 is 33.3 Å². The van der Waals surface area contributed by atoms with Gasteiger partial charge in [0.25, 0.3) is 0 Å². The summed E-state index contributed by atoms with van der Waals surface area (Å²) >= 11 is 0. The maximum absolute atomic E-state index is 13.4. The number of nitrogens with zero attached hydrogens (tertiary/aromatic N) is 2. The third kappa shape index (κ3) is 11.8. The van der Waals surface area contributed by atoms with Crippen molar-refractivity contribution in [3.05, 3.63) is 125 Å². The second-order valence-corrected chi connectivity index (χ2v) is 9.32. The van der Waals surface area contributed by atoms with E-state index in [0.717, 1.165) is 50.4 Å². The van der Waals surface area contributed by atoms with E-state index in [2.05, 4.69) is 46.2 Å². The highest BCUT2D eigenvalue weighted by Gasteiger charge is 2.18. The van der Waals surface area contributed by atoms with Crippen LogP contribution in [0.25, 0.3) is 6.08 Å². The number of hydrogen-bond donors (Lipinski definition) is 2. The summed E-state index contributed by atoms with van der Waals surface area (Å²) in [5.74, 6) is -3.08. The molecule has 216 valence electrons. The first-order chi connectivity index (χ1) is 19.8. The number of ether oxygens (including phenoxy) is 1. The molecule has 0 aliphatic carbocycles. The molecule has 4 rings (SSSR count). The van der Waals surface area contributed by atoms with Crippen LogP contribution in [0.2, 0.25) is 0 Å². The summed E-state index contributed by atoms with van der Waals surface area (Å²) in [4.78, 5) is 24.0. The number of piperazine rings is 1. The molecule has 0 spiro atoms. The topological polar surface area (TPSA) is 90.3 Å². The molecule has 1 saturated heterocycles. The molecule has 7 nitrogen and oxygen atoms in total. The SMILES string of the molecule is Fc1ccc(C(OCCN2CCN(CC=Cc3ccccc3)CC2)c2ccc(F)cc2)cc1.O=C(O)/C=C\C(=O)O. The van der Waals surface area contributed by atoms with Gasteiger partial charge in [-0.15, -0.1) is 0 Å². The number of aliphatic carboxylic acids is 2. The molecule has 9 heteroatoms. The van der Waals surface area contributed by atoms with Gasteiger partial charge < -0.3 is 14.9 Å². The monoisotopic (exact) mass is 564 g/mol. The Morgan fingerprint density at radius 1 is 0.756 bits per heavy atom. The number of carbonyl (C=O) groups is 2. The van der Waals surface area contributed by atoms with Crippen LogP contribution in [0.4, 0.5) is 8.78 Å². The average molecular weight is 565 g/mol. The Morgan fingerprint density at radius 2 is 1.24 bits per heavy atom. The van der Waals surface area contributed by atoms with Crippen LogP contribution in [-0.2, 0) is 14.3 Å². The van der Waals surface area contributed by atoms with Gasteiger partial charge in [0.15, 0.2) is 0 Å². The Hall–Kier alpha value is -4.18. The van der Waals surface area contributed by atoms with E-state index in [1.165, 1.54) is 29.8 Å². The van der Waals surface area contributed by atoms with Gasteiger partial charge in [0.05, 0.1) is 6.61 Å². The molecule has 41 heavy (non-hydrogen) atoms. The summed E-state index contributed by atoms with van der Waals surface area (Å²) in [5, 5.41) is 15.6. The van der Waals surface area contributed by atoms with E-state index in [-0.39, 0.29) is 17.7 Å². The second-order valence-electron chi connectivity index (χ2n) is 9.32. The summed E-state index contributed by atoms with van der Waals surface area (Å²) < 4.78 is 33.0. The predicted octanol–water partition coefficient (Wildman–Crippen LogP) is 5.11.